The standard InChI is InChI=1S/C18H18N4O2/c1-2-4-15(5-3-1)17-21-18(22-24-17)20-11-14-8-9-16(19-10-14)23-12-13-6-7-13/h1-5,8-10,13H,6-7,11-12H2,(H,20,22). The average Bonchev–Trinajstić information content (AvgIpc) is 3.35. The Kier molecular flexibility index (Phi) is 4.10. The smallest absolute Gasteiger partial charge is 0.264 e. The van der Waals surface area contributed by atoms with Crippen LogP contribution in [-0.2, 0) is 6.54 Å². The van der Waals surface area contributed by atoms with Gasteiger partial charge in [-0.25, -0.2) is 4.98 Å². The van der Waals surface area contributed by atoms with Gasteiger partial charge in [0.05, 0.1) is 6.61 Å². The van der Waals surface area contributed by atoms with Crippen LogP contribution in [0.15, 0.2) is 53.2 Å². The van der Waals surface area contributed by atoms with Crippen molar-refractivity contribution in [1.82, 2.24) is 15.1 Å². The molecular weight excluding hydrogens is 304 g/mol. The van der Waals surface area contributed by atoms with Crippen LogP contribution in [0.3, 0.4) is 0 Å². The number of benzene rings is 1. The van der Waals surface area contributed by atoms with Crippen LogP contribution in [0.4, 0.5) is 5.95 Å². The van der Waals surface area contributed by atoms with Crippen LogP contribution >= 0.6 is 0 Å². The maximum Gasteiger partial charge on any atom is 0.264 e. The first kappa shape index (κ1) is 14.7. The normalized spacial score (nSPS) is 13.7. The van der Waals surface area contributed by atoms with Gasteiger partial charge in [0, 0.05) is 24.4 Å². The molecule has 1 fully saturated rings. The second kappa shape index (κ2) is 6.70. The molecule has 1 aliphatic rings. The van der Waals surface area contributed by atoms with E-state index in [0.29, 0.717) is 24.3 Å². The molecule has 0 aliphatic heterocycles. The molecule has 122 valence electrons. The molecule has 0 unspecified atom stereocenters. The van der Waals surface area contributed by atoms with E-state index in [1.54, 1.807) is 6.20 Å². The third-order valence-electron chi connectivity index (χ3n) is 3.86. The van der Waals surface area contributed by atoms with E-state index in [0.717, 1.165) is 23.7 Å². The SMILES string of the molecule is c1ccc(-c2nc(NCc3ccc(OCC4CC4)nc3)no2)cc1. The molecule has 6 heteroatoms. The van der Waals surface area contributed by atoms with E-state index in [9.17, 15) is 0 Å². The molecule has 0 saturated heterocycles. The van der Waals surface area contributed by atoms with E-state index < -0.39 is 0 Å². The third kappa shape index (κ3) is 3.71. The summed E-state index contributed by atoms with van der Waals surface area (Å²) in [5, 5.41) is 7.07. The highest BCUT2D eigenvalue weighted by molar-refractivity contribution is 5.53. The maximum absolute atomic E-state index is 5.63. The molecule has 0 atom stereocenters. The van der Waals surface area contributed by atoms with Crippen molar-refractivity contribution in [2.45, 2.75) is 19.4 Å². The summed E-state index contributed by atoms with van der Waals surface area (Å²) in [5.74, 6) is 2.37. The van der Waals surface area contributed by atoms with Gasteiger partial charge in [-0.3, -0.25) is 0 Å². The number of pyridine rings is 1. The number of nitrogens with one attached hydrogen (secondary N) is 1. The Labute approximate surface area is 139 Å². The van der Waals surface area contributed by atoms with Gasteiger partial charge in [-0.2, -0.15) is 4.98 Å². The lowest BCUT2D eigenvalue weighted by Gasteiger charge is -2.05. The molecule has 2 aromatic heterocycles. The molecule has 0 amide bonds. The van der Waals surface area contributed by atoms with Crippen LogP contribution in [0.1, 0.15) is 18.4 Å². The first-order chi connectivity index (χ1) is 11.9. The summed E-state index contributed by atoms with van der Waals surface area (Å²) in [5.41, 5.74) is 1.93. The average molecular weight is 322 g/mol. The first-order valence-corrected chi connectivity index (χ1v) is 8.07. The van der Waals surface area contributed by atoms with E-state index in [1.165, 1.54) is 12.8 Å². The summed E-state index contributed by atoms with van der Waals surface area (Å²) in [7, 11) is 0. The zero-order valence-electron chi connectivity index (χ0n) is 13.2. The second-order valence-corrected chi connectivity index (χ2v) is 5.90. The summed E-state index contributed by atoms with van der Waals surface area (Å²) in [6.45, 7) is 1.35. The highest BCUT2D eigenvalue weighted by Crippen LogP contribution is 2.29. The van der Waals surface area contributed by atoms with Crippen molar-refractivity contribution in [2.75, 3.05) is 11.9 Å². The summed E-state index contributed by atoms with van der Waals surface area (Å²) in [6.07, 6.45) is 4.35. The van der Waals surface area contributed by atoms with Crippen molar-refractivity contribution in [3.05, 3.63) is 54.2 Å². The van der Waals surface area contributed by atoms with Crippen LogP contribution in [0.2, 0.25) is 0 Å². The van der Waals surface area contributed by atoms with Crippen molar-refractivity contribution >= 4 is 5.95 Å². The van der Waals surface area contributed by atoms with Crippen molar-refractivity contribution in [2.24, 2.45) is 5.92 Å². The van der Waals surface area contributed by atoms with Gasteiger partial charge in [-0.1, -0.05) is 24.3 Å². The van der Waals surface area contributed by atoms with Crippen LogP contribution in [0.25, 0.3) is 11.5 Å². The monoisotopic (exact) mass is 322 g/mol. The molecule has 0 radical (unpaired) electrons. The van der Waals surface area contributed by atoms with Gasteiger partial charge in [0.1, 0.15) is 0 Å². The van der Waals surface area contributed by atoms with E-state index in [4.69, 9.17) is 9.26 Å². The fourth-order valence-corrected chi connectivity index (χ4v) is 2.26. The first-order valence-electron chi connectivity index (χ1n) is 8.07. The lowest BCUT2D eigenvalue weighted by Crippen LogP contribution is -2.03. The lowest BCUT2D eigenvalue weighted by atomic mass is 10.2. The predicted octanol–water partition coefficient (Wildman–Crippen LogP) is 3.53. The second-order valence-electron chi connectivity index (χ2n) is 5.90. The van der Waals surface area contributed by atoms with E-state index >= 15 is 0 Å². The Morgan fingerprint density at radius 3 is 2.75 bits per heavy atom. The van der Waals surface area contributed by atoms with Gasteiger partial charge in [0.15, 0.2) is 0 Å². The summed E-state index contributed by atoms with van der Waals surface area (Å²) >= 11 is 0. The van der Waals surface area contributed by atoms with E-state index in [2.05, 4.69) is 20.4 Å². The van der Waals surface area contributed by atoms with Crippen molar-refractivity contribution in [3.8, 4) is 17.3 Å². The number of anilines is 1. The van der Waals surface area contributed by atoms with Crippen molar-refractivity contribution < 1.29 is 9.26 Å². The molecule has 4 rings (SSSR count). The minimum Gasteiger partial charge on any atom is -0.477 e. The Bertz CT molecular complexity index is 782. The molecule has 0 bridgehead atoms. The van der Waals surface area contributed by atoms with Crippen molar-refractivity contribution in [3.63, 3.8) is 0 Å². The Balaban J connectivity index is 1.32. The molecule has 1 N–H and O–H groups in total. The number of aromatic nitrogens is 3. The van der Waals surface area contributed by atoms with Gasteiger partial charge in [-0.15, -0.1) is 0 Å². The van der Waals surface area contributed by atoms with Crippen molar-refractivity contribution in [1.29, 1.82) is 0 Å². The number of hydrogen-bond acceptors (Lipinski definition) is 6. The van der Waals surface area contributed by atoms with E-state index in [1.807, 2.05) is 42.5 Å². The summed E-state index contributed by atoms with van der Waals surface area (Å²) in [4.78, 5) is 8.65. The number of nitrogens with zero attached hydrogens (tertiary/aromatic N) is 3. The largest absolute Gasteiger partial charge is 0.477 e. The lowest BCUT2D eigenvalue weighted by molar-refractivity contribution is 0.288. The van der Waals surface area contributed by atoms with Gasteiger partial charge < -0.3 is 14.6 Å². The zero-order valence-corrected chi connectivity index (χ0v) is 13.2. The highest BCUT2D eigenvalue weighted by Gasteiger charge is 2.22. The molecule has 1 aliphatic carbocycles. The molecule has 1 aromatic carbocycles. The summed E-state index contributed by atoms with van der Waals surface area (Å²) in [6, 6.07) is 13.6. The maximum atomic E-state index is 5.63. The number of hydrogen-bond donors (Lipinski definition) is 1. The fourth-order valence-electron chi connectivity index (χ4n) is 2.26. The molecule has 6 nitrogen and oxygen atoms in total. The molecule has 24 heavy (non-hydrogen) atoms. The molecule has 0 spiro atoms. The van der Waals surface area contributed by atoms with Crippen LogP contribution in [0.5, 0.6) is 5.88 Å². The summed E-state index contributed by atoms with van der Waals surface area (Å²) < 4.78 is 10.9. The molecule has 2 heterocycles. The minimum absolute atomic E-state index is 0.461. The van der Waals surface area contributed by atoms with Gasteiger partial charge in [0.25, 0.3) is 11.8 Å². The quantitative estimate of drug-likeness (QED) is 0.717. The number of ether oxygens (including phenoxy) is 1. The minimum atomic E-state index is 0.461. The Morgan fingerprint density at radius 2 is 2.00 bits per heavy atom. The molecular formula is C18H18N4O2. The van der Waals surface area contributed by atoms with Crippen LogP contribution < -0.4 is 10.1 Å². The van der Waals surface area contributed by atoms with Gasteiger partial charge in [-0.05, 0) is 41.6 Å². The van der Waals surface area contributed by atoms with E-state index in [-0.39, 0.29) is 0 Å². The highest BCUT2D eigenvalue weighted by atomic mass is 16.5. The van der Waals surface area contributed by atoms with Crippen LogP contribution in [-0.4, -0.2) is 21.7 Å². The molecule has 1 saturated carbocycles. The fraction of sp³-hybridized carbons (Fsp3) is 0.278. The Morgan fingerprint density at radius 1 is 1.12 bits per heavy atom. The van der Waals surface area contributed by atoms with Gasteiger partial charge >= 0.3 is 0 Å². The Hall–Kier alpha value is -2.89. The van der Waals surface area contributed by atoms with Crippen LogP contribution in [0, 0.1) is 5.92 Å². The number of rotatable bonds is 7. The predicted molar refractivity (Wildman–Crippen MR) is 89.5 cm³/mol. The zero-order chi connectivity index (χ0) is 16.2. The van der Waals surface area contributed by atoms with Gasteiger partial charge in [0.2, 0.25) is 5.88 Å². The molecule has 3 aromatic rings. The topological polar surface area (TPSA) is 73.1 Å². The third-order valence-corrected chi connectivity index (χ3v) is 3.86.